The van der Waals surface area contributed by atoms with Crippen LogP contribution in [0.25, 0.3) is 0 Å². The highest BCUT2D eigenvalue weighted by Gasteiger charge is 2.15. The van der Waals surface area contributed by atoms with E-state index in [-0.39, 0.29) is 17.9 Å². The highest BCUT2D eigenvalue weighted by atomic mass is 32.1. The number of nitrogens with zero attached hydrogens (tertiary/aromatic N) is 1. The van der Waals surface area contributed by atoms with Crippen LogP contribution in [-0.2, 0) is 0 Å². The first-order valence-electron chi connectivity index (χ1n) is 6.43. The monoisotopic (exact) mass is 278 g/mol. The average molecular weight is 278 g/mol. The van der Waals surface area contributed by atoms with Crippen molar-refractivity contribution < 1.29 is 4.39 Å². The molecule has 4 heteroatoms. The normalized spacial score (nSPS) is 14.4. The lowest BCUT2D eigenvalue weighted by Crippen LogP contribution is -2.22. The molecule has 2 nitrogen and oxygen atoms in total. The minimum absolute atomic E-state index is 0.178. The van der Waals surface area contributed by atoms with Crippen LogP contribution in [0.15, 0.2) is 24.3 Å². The van der Waals surface area contributed by atoms with Gasteiger partial charge < -0.3 is 5.32 Å². The van der Waals surface area contributed by atoms with Crippen molar-refractivity contribution in [3.05, 3.63) is 51.2 Å². The number of halogens is 1. The number of aromatic nitrogens is 1. The van der Waals surface area contributed by atoms with Crippen LogP contribution < -0.4 is 5.32 Å². The second-order valence-corrected chi connectivity index (χ2v) is 6.08. The molecular weight excluding hydrogens is 259 g/mol. The van der Waals surface area contributed by atoms with E-state index < -0.39 is 0 Å². The quantitative estimate of drug-likeness (QED) is 0.901. The number of benzene rings is 1. The van der Waals surface area contributed by atoms with Crippen LogP contribution in [0.5, 0.6) is 0 Å². The zero-order valence-corrected chi connectivity index (χ0v) is 12.5. The first-order chi connectivity index (χ1) is 8.97. The molecule has 1 aromatic heterocycles. The number of thiazole rings is 1. The molecule has 2 aromatic rings. The van der Waals surface area contributed by atoms with Gasteiger partial charge in [-0.05, 0) is 45.4 Å². The predicted octanol–water partition coefficient (Wildman–Crippen LogP) is 4.31. The lowest BCUT2D eigenvalue weighted by atomic mass is 10.1. The minimum atomic E-state index is -0.196. The molecule has 0 fully saturated rings. The molecule has 0 saturated carbocycles. The van der Waals surface area contributed by atoms with Gasteiger partial charge in [0.05, 0.1) is 10.7 Å². The van der Waals surface area contributed by atoms with E-state index >= 15 is 0 Å². The van der Waals surface area contributed by atoms with Crippen molar-refractivity contribution in [1.29, 1.82) is 0 Å². The van der Waals surface area contributed by atoms with Crippen molar-refractivity contribution in [2.75, 3.05) is 0 Å². The molecule has 1 aromatic carbocycles. The van der Waals surface area contributed by atoms with E-state index in [9.17, 15) is 4.39 Å². The maximum atomic E-state index is 12.9. The molecule has 102 valence electrons. The fourth-order valence-corrected chi connectivity index (χ4v) is 3.19. The van der Waals surface area contributed by atoms with Gasteiger partial charge in [-0.25, -0.2) is 9.37 Å². The van der Waals surface area contributed by atoms with Crippen molar-refractivity contribution in [2.24, 2.45) is 0 Å². The van der Waals surface area contributed by atoms with Crippen molar-refractivity contribution in [3.8, 4) is 0 Å². The minimum Gasteiger partial charge on any atom is -0.303 e. The van der Waals surface area contributed by atoms with Crippen LogP contribution in [0.2, 0.25) is 0 Å². The molecular formula is C15H19FN2S. The van der Waals surface area contributed by atoms with Crippen LogP contribution >= 0.6 is 11.3 Å². The summed E-state index contributed by atoms with van der Waals surface area (Å²) in [5.41, 5.74) is 2.18. The Morgan fingerprint density at radius 1 is 1.11 bits per heavy atom. The number of rotatable bonds is 4. The Kier molecular flexibility index (Phi) is 4.32. The number of hydrogen-bond acceptors (Lipinski definition) is 3. The third-order valence-electron chi connectivity index (χ3n) is 3.20. The van der Waals surface area contributed by atoms with Gasteiger partial charge in [0.15, 0.2) is 0 Å². The summed E-state index contributed by atoms with van der Waals surface area (Å²) in [6.45, 7) is 8.30. The van der Waals surface area contributed by atoms with Gasteiger partial charge >= 0.3 is 0 Å². The van der Waals surface area contributed by atoms with Crippen molar-refractivity contribution in [1.82, 2.24) is 10.3 Å². The Hall–Kier alpha value is -1.26. The molecule has 2 atom stereocenters. The molecule has 0 saturated heterocycles. The highest BCUT2D eigenvalue weighted by Crippen LogP contribution is 2.26. The summed E-state index contributed by atoms with van der Waals surface area (Å²) < 4.78 is 12.9. The highest BCUT2D eigenvalue weighted by molar-refractivity contribution is 7.11. The standard InChI is InChI=1S/C15H19FN2S/c1-9(13-5-7-14(16)8-6-13)17-10(2)15-11(3)18-12(4)19-15/h5-10,17H,1-4H3. The molecule has 0 aliphatic carbocycles. The number of hydrogen-bond donors (Lipinski definition) is 1. The largest absolute Gasteiger partial charge is 0.303 e. The second kappa shape index (κ2) is 5.80. The summed E-state index contributed by atoms with van der Waals surface area (Å²) in [7, 11) is 0. The summed E-state index contributed by atoms with van der Waals surface area (Å²) in [6, 6.07) is 7.07. The van der Waals surface area contributed by atoms with Gasteiger partial charge in [0.25, 0.3) is 0 Å². The molecule has 2 rings (SSSR count). The van der Waals surface area contributed by atoms with Gasteiger partial charge in [-0.3, -0.25) is 0 Å². The Morgan fingerprint density at radius 3 is 2.26 bits per heavy atom. The van der Waals surface area contributed by atoms with E-state index in [4.69, 9.17) is 0 Å². The van der Waals surface area contributed by atoms with Gasteiger partial charge in [0, 0.05) is 17.0 Å². The van der Waals surface area contributed by atoms with Crippen molar-refractivity contribution >= 4 is 11.3 Å². The maximum absolute atomic E-state index is 12.9. The molecule has 0 bridgehead atoms. The zero-order valence-electron chi connectivity index (χ0n) is 11.7. The van der Waals surface area contributed by atoms with E-state index in [2.05, 4.69) is 24.1 Å². The number of nitrogens with one attached hydrogen (secondary N) is 1. The fourth-order valence-electron chi connectivity index (χ4n) is 2.25. The van der Waals surface area contributed by atoms with Crippen LogP contribution in [0.4, 0.5) is 4.39 Å². The van der Waals surface area contributed by atoms with E-state index in [0.29, 0.717) is 0 Å². The molecule has 0 amide bonds. The molecule has 0 radical (unpaired) electrons. The van der Waals surface area contributed by atoms with Gasteiger partial charge in [0.2, 0.25) is 0 Å². The Labute approximate surface area is 117 Å². The van der Waals surface area contributed by atoms with E-state index in [0.717, 1.165) is 16.3 Å². The van der Waals surface area contributed by atoms with Gasteiger partial charge in [-0.1, -0.05) is 12.1 Å². The van der Waals surface area contributed by atoms with Crippen LogP contribution in [0, 0.1) is 19.7 Å². The average Bonchev–Trinajstić information content (AvgIpc) is 2.69. The Balaban J connectivity index is 2.08. The van der Waals surface area contributed by atoms with Gasteiger partial charge in [0.1, 0.15) is 5.82 Å². The topological polar surface area (TPSA) is 24.9 Å². The Morgan fingerprint density at radius 2 is 1.74 bits per heavy atom. The van der Waals surface area contributed by atoms with E-state index in [1.165, 1.54) is 17.0 Å². The second-order valence-electron chi connectivity index (χ2n) is 4.84. The van der Waals surface area contributed by atoms with E-state index in [1.54, 1.807) is 11.3 Å². The number of aryl methyl sites for hydroxylation is 2. The smallest absolute Gasteiger partial charge is 0.123 e. The lowest BCUT2D eigenvalue weighted by Gasteiger charge is -2.20. The first kappa shape index (κ1) is 14.2. The maximum Gasteiger partial charge on any atom is 0.123 e. The first-order valence-corrected chi connectivity index (χ1v) is 7.24. The summed E-state index contributed by atoms with van der Waals surface area (Å²) in [5, 5.41) is 4.63. The molecule has 2 unspecified atom stereocenters. The van der Waals surface area contributed by atoms with Crippen molar-refractivity contribution in [3.63, 3.8) is 0 Å². The Bertz CT molecular complexity index is 548. The van der Waals surface area contributed by atoms with Gasteiger partial charge in [-0.2, -0.15) is 0 Å². The predicted molar refractivity (Wildman–Crippen MR) is 78.0 cm³/mol. The third-order valence-corrected chi connectivity index (χ3v) is 4.46. The molecule has 1 heterocycles. The zero-order chi connectivity index (χ0) is 14.0. The summed E-state index contributed by atoms with van der Waals surface area (Å²) >= 11 is 1.73. The molecule has 0 spiro atoms. The van der Waals surface area contributed by atoms with Gasteiger partial charge in [-0.15, -0.1) is 11.3 Å². The van der Waals surface area contributed by atoms with Crippen LogP contribution in [0.3, 0.4) is 0 Å². The SMILES string of the molecule is Cc1nc(C)c(C(C)NC(C)c2ccc(F)cc2)s1. The molecule has 1 N–H and O–H groups in total. The molecule has 19 heavy (non-hydrogen) atoms. The van der Waals surface area contributed by atoms with E-state index in [1.807, 2.05) is 26.0 Å². The molecule has 0 aliphatic heterocycles. The summed E-state index contributed by atoms with van der Waals surface area (Å²) in [6.07, 6.45) is 0. The summed E-state index contributed by atoms with van der Waals surface area (Å²) in [5.74, 6) is -0.196. The van der Waals surface area contributed by atoms with Crippen LogP contribution in [-0.4, -0.2) is 4.98 Å². The van der Waals surface area contributed by atoms with Crippen molar-refractivity contribution in [2.45, 2.75) is 39.8 Å². The molecule has 0 aliphatic rings. The fraction of sp³-hybridized carbons (Fsp3) is 0.400. The summed E-state index contributed by atoms with van der Waals surface area (Å²) in [4.78, 5) is 5.72. The lowest BCUT2D eigenvalue weighted by molar-refractivity contribution is 0.497. The third kappa shape index (κ3) is 3.39. The van der Waals surface area contributed by atoms with Crippen LogP contribution in [0.1, 0.15) is 47.1 Å².